The zero-order valence-corrected chi connectivity index (χ0v) is 9.21. The molecule has 0 aliphatic carbocycles. The van der Waals surface area contributed by atoms with Gasteiger partial charge in [0.2, 0.25) is 0 Å². The first kappa shape index (κ1) is 10.4. The van der Waals surface area contributed by atoms with Crippen molar-refractivity contribution in [2.45, 2.75) is 13.5 Å². The number of nitrogens with zero attached hydrogens (tertiary/aromatic N) is 4. The Kier molecular flexibility index (Phi) is 2.72. The lowest BCUT2D eigenvalue weighted by atomic mass is 10.4. The van der Waals surface area contributed by atoms with E-state index in [0.29, 0.717) is 18.1 Å². The molecule has 2 heterocycles. The molecule has 0 aromatic carbocycles. The predicted molar refractivity (Wildman–Crippen MR) is 59.1 cm³/mol. The lowest BCUT2D eigenvalue weighted by Crippen LogP contribution is -2.17. The Labute approximate surface area is 92.9 Å². The van der Waals surface area contributed by atoms with E-state index in [2.05, 4.69) is 15.5 Å². The van der Waals surface area contributed by atoms with Crippen LogP contribution in [0.4, 0.5) is 5.82 Å². The van der Waals surface area contributed by atoms with Gasteiger partial charge in [-0.2, -0.15) is 10.2 Å². The zero-order valence-electron chi connectivity index (χ0n) is 9.21. The van der Waals surface area contributed by atoms with E-state index in [1.807, 2.05) is 6.92 Å². The first-order valence-electron chi connectivity index (χ1n) is 5.03. The second-order valence-corrected chi connectivity index (χ2v) is 3.36. The summed E-state index contributed by atoms with van der Waals surface area (Å²) in [5, 5.41) is 10.8. The van der Waals surface area contributed by atoms with Crippen LogP contribution in [-0.2, 0) is 13.6 Å². The van der Waals surface area contributed by atoms with E-state index in [1.54, 1.807) is 40.9 Å². The summed E-state index contributed by atoms with van der Waals surface area (Å²) >= 11 is 0. The predicted octanol–water partition coefficient (Wildman–Crippen LogP) is 0.889. The van der Waals surface area contributed by atoms with E-state index in [0.717, 1.165) is 0 Å². The van der Waals surface area contributed by atoms with E-state index in [-0.39, 0.29) is 5.91 Å². The Morgan fingerprint density at radius 2 is 2.31 bits per heavy atom. The van der Waals surface area contributed by atoms with Gasteiger partial charge >= 0.3 is 0 Å². The smallest absolute Gasteiger partial charge is 0.275 e. The van der Waals surface area contributed by atoms with E-state index in [4.69, 9.17) is 0 Å². The van der Waals surface area contributed by atoms with Gasteiger partial charge in [-0.05, 0) is 13.0 Å². The van der Waals surface area contributed by atoms with Gasteiger partial charge in [0.25, 0.3) is 5.91 Å². The standard InChI is InChI=1S/C10H13N5O/c1-3-15-8(4-6-11-15)10(16)12-9-5-7-14(2)13-9/h4-7H,3H2,1-2H3,(H,12,13,16). The fraction of sp³-hybridized carbons (Fsp3) is 0.300. The first-order valence-corrected chi connectivity index (χ1v) is 5.03. The summed E-state index contributed by atoms with van der Waals surface area (Å²) in [6.45, 7) is 2.60. The van der Waals surface area contributed by atoms with Crippen molar-refractivity contribution in [3.05, 3.63) is 30.2 Å². The van der Waals surface area contributed by atoms with Gasteiger partial charge in [0, 0.05) is 32.1 Å². The summed E-state index contributed by atoms with van der Waals surface area (Å²) in [4.78, 5) is 11.8. The second kappa shape index (κ2) is 4.18. The zero-order chi connectivity index (χ0) is 11.5. The molecule has 0 aliphatic heterocycles. The fourth-order valence-corrected chi connectivity index (χ4v) is 1.44. The van der Waals surface area contributed by atoms with Gasteiger partial charge in [0.15, 0.2) is 5.82 Å². The molecule has 84 valence electrons. The van der Waals surface area contributed by atoms with Crippen LogP contribution in [-0.4, -0.2) is 25.5 Å². The van der Waals surface area contributed by atoms with Gasteiger partial charge in [-0.15, -0.1) is 0 Å². The van der Waals surface area contributed by atoms with Crippen molar-refractivity contribution in [1.82, 2.24) is 19.6 Å². The maximum Gasteiger partial charge on any atom is 0.275 e. The minimum atomic E-state index is -0.196. The summed E-state index contributed by atoms with van der Waals surface area (Å²) in [6.07, 6.45) is 3.38. The Morgan fingerprint density at radius 3 is 2.94 bits per heavy atom. The van der Waals surface area contributed by atoms with Crippen molar-refractivity contribution < 1.29 is 4.79 Å². The summed E-state index contributed by atoms with van der Waals surface area (Å²) in [6, 6.07) is 3.42. The molecular formula is C10H13N5O. The van der Waals surface area contributed by atoms with Crippen molar-refractivity contribution in [3.8, 4) is 0 Å². The molecule has 1 amide bonds. The molecule has 0 atom stereocenters. The molecular weight excluding hydrogens is 206 g/mol. The van der Waals surface area contributed by atoms with Gasteiger partial charge in [-0.1, -0.05) is 0 Å². The van der Waals surface area contributed by atoms with E-state index in [1.165, 1.54) is 0 Å². The molecule has 2 rings (SSSR count). The van der Waals surface area contributed by atoms with Crippen molar-refractivity contribution in [2.75, 3.05) is 5.32 Å². The van der Waals surface area contributed by atoms with Gasteiger partial charge < -0.3 is 5.32 Å². The van der Waals surface area contributed by atoms with E-state index in [9.17, 15) is 4.79 Å². The van der Waals surface area contributed by atoms with E-state index >= 15 is 0 Å². The van der Waals surface area contributed by atoms with Crippen LogP contribution in [0.25, 0.3) is 0 Å². The number of anilines is 1. The minimum Gasteiger partial charge on any atom is -0.304 e. The van der Waals surface area contributed by atoms with Crippen molar-refractivity contribution in [2.24, 2.45) is 7.05 Å². The van der Waals surface area contributed by atoms with Crippen molar-refractivity contribution >= 4 is 11.7 Å². The number of aryl methyl sites for hydroxylation is 2. The molecule has 0 bridgehead atoms. The van der Waals surface area contributed by atoms with Crippen LogP contribution in [0.15, 0.2) is 24.5 Å². The number of hydrogen-bond acceptors (Lipinski definition) is 3. The molecule has 0 saturated carbocycles. The number of amides is 1. The SMILES string of the molecule is CCn1nccc1C(=O)Nc1ccn(C)n1. The summed E-state index contributed by atoms with van der Waals surface area (Å²) in [7, 11) is 1.80. The monoisotopic (exact) mass is 219 g/mol. The van der Waals surface area contributed by atoms with Crippen molar-refractivity contribution in [3.63, 3.8) is 0 Å². The Balaban J connectivity index is 2.14. The highest BCUT2D eigenvalue weighted by Gasteiger charge is 2.11. The topological polar surface area (TPSA) is 64.7 Å². The van der Waals surface area contributed by atoms with Gasteiger partial charge in [0.05, 0.1) is 0 Å². The van der Waals surface area contributed by atoms with Gasteiger partial charge in [-0.25, -0.2) is 0 Å². The number of nitrogens with one attached hydrogen (secondary N) is 1. The third-order valence-corrected chi connectivity index (χ3v) is 2.20. The highest BCUT2D eigenvalue weighted by atomic mass is 16.2. The molecule has 6 nitrogen and oxygen atoms in total. The summed E-state index contributed by atoms with van der Waals surface area (Å²) < 4.78 is 3.27. The Hall–Kier alpha value is -2.11. The number of aromatic nitrogens is 4. The lowest BCUT2D eigenvalue weighted by molar-refractivity contribution is 0.101. The van der Waals surface area contributed by atoms with Crippen LogP contribution in [0, 0.1) is 0 Å². The highest BCUT2D eigenvalue weighted by molar-refractivity contribution is 6.02. The first-order chi connectivity index (χ1) is 7.70. The quantitative estimate of drug-likeness (QED) is 0.833. The average Bonchev–Trinajstić information content (AvgIpc) is 2.86. The molecule has 0 unspecified atom stereocenters. The third-order valence-electron chi connectivity index (χ3n) is 2.20. The maximum absolute atomic E-state index is 11.8. The highest BCUT2D eigenvalue weighted by Crippen LogP contribution is 2.05. The van der Waals surface area contributed by atoms with Crippen LogP contribution in [0.1, 0.15) is 17.4 Å². The van der Waals surface area contributed by atoms with Crippen LogP contribution in [0.5, 0.6) is 0 Å². The Bertz CT molecular complexity index is 499. The number of carbonyl (C=O) groups excluding carboxylic acids is 1. The molecule has 16 heavy (non-hydrogen) atoms. The second-order valence-electron chi connectivity index (χ2n) is 3.36. The maximum atomic E-state index is 11.8. The third kappa shape index (κ3) is 1.95. The number of carbonyl (C=O) groups is 1. The normalized spacial score (nSPS) is 10.4. The molecule has 6 heteroatoms. The molecule has 0 saturated heterocycles. The molecule has 0 spiro atoms. The number of rotatable bonds is 3. The largest absolute Gasteiger partial charge is 0.304 e. The van der Waals surface area contributed by atoms with Crippen LogP contribution in [0.3, 0.4) is 0 Å². The summed E-state index contributed by atoms with van der Waals surface area (Å²) in [5.74, 6) is 0.342. The fourth-order valence-electron chi connectivity index (χ4n) is 1.44. The average molecular weight is 219 g/mol. The number of hydrogen-bond donors (Lipinski definition) is 1. The van der Waals surface area contributed by atoms with E-state index < -0.39 is 0 Å². The van der Waals surface area contributed by atoms with Gasteiger partial charge in [-0.3, -0.25) is 14.2 Å². The van der Waals surface area contributed by atoms with Crippen LogP contribution >= 0.6 is 0 Å². The molecule has 2 aromatic heterocycles. The molecule has 2 aromatic rings. The Morgan fingerprint density at radius 1 is 1.50 bits per heavy atom. The molecule has 0 radical (unpaired) electrons. The molecule has 0 aliphatic rings. The van der Waals surface area contributed by atoms with Crippen molar-refractivity contribution in [1.29, 1.82) is 0 Å². The summed E-state index contributed by atoms with van der Waals surface area (Å²) in [5.41, 5.74) is 0.535. The molecule has 0 fully saturated rings. The van der Waals surface area contributed by atoms with Gasteiger partial charge in [0.1, 0.15) is 5.69 Å². The minimum absolute atomic E-state index is 0.196. The lowest BCUT2D eigenvalue weighted by Gasteiger charge is -2.03. The van der Waals surface area contributed by atoms with Crippen LogP contribution < -0.4 is 5.32 Å². The molecule has 1 N–H and O–H groups in total. The van der Waals surface area contributed by atoms with Crippen LogP contribution in [0.2, 0.25) is 0 Å².